The zero-order valence-corrected chi connectivity index (χ0v) is 17.3. The number of methoxy groups -OCH3 is 1. The third-order valence-corrected chi connectivity index (χ3v) is 4.78. The summed E-state index contributed by atoms with van der Waals surface area (Å²) in [5.41, 5.74) is 11.2. The van der Waals surface area contributed by atoms with Gasteiger partial charge in [0.1, 0.15) is 11.4 Å². The fourth-order valence-electron chi connectivity index (χ4n) is 3.33. The molecule has 4 aromatic heterocycles. The lowest BCUT2D eigenvalue weighted by molar-refractivity contribution is 0.0995. The van der Waals surface area contributed by atoms with E-state index in [0.717, 1.165) is 27.9 Å². The molecule has 0 aliphatic carbocycles. The molecule has 0 fully saturated rings. The predicted octanol–water partition coefficient (Wildman–Crippen LogP) is 3.12. The van der Waals surface area contributed by atoms with Gasteiger partial charge >= 0.3 is 0 Å². The van der Waals surface area contributed by atoms with Gasteiger partial charge in [0, 0.05) is 48.6 Å². The largest absolute Gasteiger partial charge is 0.383 e. The molecular formula is C23H22N6O2. The minimum atomic E-state index is -0.589. The molecule has 0 aliphatic rings. The molecule has 0 bridgehead atoms. The van der Waals surface area contributed by atoms with Crippen molar-refractivity contribution >= 4 is 5.91 Å². The Labute approximate surface area is 179 Å². The molecule has 0 saturated heterocycles. The first-order chi connectivity index (χ1) is 15.1. The summed E-state index contributed by atoms with van der Waals surface area (Å²) in [7, 11) is 1.65. The van der Waals surface area contributed by atoms with Crippen LogP contribution in [0.5, 0.6) is 0 Å². The number of aromatic nitrogens is 5. The van der Waals surface area contributed by atoms with Crippen LogP contribution in [0.15, 0.2) is 61.2 Å². The maximum absolute atomic E-state index is 11.8. The van der Waals surface area contributed by atoms with Crippen molar-refractivity contribution in [3.63, 3.8) is 0 Å². The van der Waals surface area contributed by atoms with Crippen LogP contribution in [0.25, 0.3) is 33.8 Å². The van der Waals surface area contributed by atoms with E-state index in [1.807, 2.05) is 48.1 Å². The molecule has 0 aromatic carbocycles. The normalized spacial score (nSPS) is 10.9. The average molecular weight is 414 g/mol. The smallest absolute Gasteiger partial charge is 0.267 e. The Morgan fingerprint density at radius 1 is 1.13 bits per heavy atom. The van der Waals surface area contributed by atoms with Crippen LogP contribution < -0.4 is 5.73 Å². The number of nitrogens with zero attached hydrogens (tertiary/aromatic N) is 5. The Balaban J connectivity index is 1.95. The zero-order chi connectivity index (χ0) is 21.8. The standard InChI is InChI=1S/C23H22N6O2/c1-15-11-16(13-25-12-15)21-17(6-7-20(27-21)23(24)30)18-14-29(9-10-31-2)28-22(18)19-5-3-4-8-26-19/h3-8,11-14H,9-10H2,1-2H3,(H2,24,30). The van der Waals surface area contributed by atoms with Crippen LogP contribution in [0.1, 0.15) is 16.1 Å². The molecule has 156 valence electrons. The Morgan fingerprint density at radius 3 is 2.71 bits per heavy atom. The highest BCUT2D eigenvalue weighted by molar-refractivity contribution is 5.94. The van der Waals surface area contributed by atoms with Crippen molar-refractivity contribution in [3.05, 3.63) is 72.4 Å². The number of carbonyl (C=O) groups is 1. The van der Waals surface area contributed by atoms with Gasteiger partial charge in [-0.1, -0.05) is 6.07 Å². The second-order valence-electron chi connectivity index (χ2n) is 7.07. The lowest BCUT2D eigenvalue weighted by atomic mass is 9.98. The molecule has 8 heteroatoms. The fraction of sp³-hybridized carbons (Fsp3) is 0.174. The van der Waals surface area contributed by atoms with E-state index in [1.54, 1.807) is 31.8 Å². The second-order valence-corrected chi connectivity index (χ2v) is 7.07. The summed E-state index contributed by atoms with van der Waals surface area (Å²) in [5, 5.41) is 4.74. The van der Waals surface area contributed by atoms with Gasteiger partial charge in [-0.05, 0) is 42.8 Å². The maximum Gasteiger partial charge on any atom is 0.267 e. The van der Waals surface area contributed by atoms with Crippen LogP contribution >= 0.6 is 0 Å². The Bertz CT molecular complexity index is 1220. The number of aryl methyl sites for hydroxylation is 1. The SMILES string of the molecule is COCCn1cc(-c2ccc(C(N)=O)nc2-c2cncc(C)c2)c(-c2ccccn2)n1. The molecule has 0 saturated carbocycles. The summed E-state index contributed by atoms with van der Waals surface area (Å²) in [5.74, 6) is -0.589. The van der Waals surface area contributed by atoms with Crippen molar-refractivity contribution in [2.45, 2.75) is 13.5 Å². The number of primary amides is 1. The van der Waals surface area contributed by atoms with Crippen LogP contribution in [-0.4, -0.2) is 44.4 Å². The van der Waals surface area contributed by atoms with Crippen molar-refractivity contribution in [1.29, 1.82) is 0 Å². The molecule has 1 amide bonds. The summed E-state index contributed by atoms with van der Waals surface area (Å²) >= 11 is 0. The average Bonchev–Trinajstić information content (AvgIpc) is 3.22. The van der Waals surface area contributed by atoms with Crippen molar-refractivity contribution < 1.29 is 9.53 Å². The van der Waals surface area contributed by atoms with E-state index in [9.17, 15) is 4.79 Å². The summed E-state index contributed by atoms with van der Waals surface area (Å²) < 4.78 is 7.03. The monoisotopic (exact) mass is 414 g/mol. The van der Waals surface area contributed by atoms with Gasteiger partial charge in [0.2, 0.25) is 0 Å². The molecule has 0 radical (unpaired) electrons. The van der Waals surface area contributed by atoms with Crippen molar-refractivity contribution in [3.8, 4) is 33.8 Å². The molecule has 31 heavy (non-hydrogen) atoms. The quantitative estimate of drug-likeness (QED) is 0.498. The summed E-state index contributed by atoms with van der Waals surface area (Å²) in [4.78, 5) is 25.2. The summed E-state index contributed by atoms with van der Waals surface area (Å²) in [6.07, 6.45) is 7.16. The molecule has 4 rings (SSSR count). The van der Waals surface area contributed by atoms with Crippen LogP contribution in [0.3, 0.4) is 0 Å². The number of amides is 1. The molecular weight excluding hydrogens is 392 g/mol. The van der Waals surface area contributed by atoms with Gasteiger partial charge in [-0.3, -0.25) is 19.4 Å². The third kappa shape index (κ3) is 4.34. The molecule has 0 unspecified atom stereocenters. The van der Waals surface area contributed by atoms with E-state index in [2.05, 4.69) is 15.0 Å². The van der Waals surface area contributed by atoms with Crippen LogP contribution in [0.2, 0.25) is 0 Å². The minimum absolute atomic E-state index is 0.186. The Hall–Kier alpha value is -3.91. The molecule has 4 aromatic rings. The number of carbonyl (C=O) groups excluding carboxylic acids is 1. The Kier molecular flexibility index (Phi) is 5.81. The van der Waals surface area contributed by atoms with E-state index in [4.69, 9.17) is 15.6 Å². The van der Waals surface area contributed by atoms with Gasteiger partial charge in [0.25, 0.3) is 5.91 Å². The third-order valence-electron chi connectivity index (χ3n) is 4.78. The van der Waals surface area contributed by atoms with Gasteiger partial charge in [-0.15, -0.1) is 0 Å². The maximum atomic E-state index is 11.8. The number of ether oxygens (including phenoxy) is 1. The molecule has 2 N–H and O–H groups in total. The zero-order valence-electron chi connectivity index (χ0n) is 17.3. The van der Waals surface area contributed by atoms with Crippen molar-refractivity contribution in [2.75, 3.05) is 13.7 Å². The number of pyridine rings is 3. The van der Waals surface area contributed by atoms with E-state index >= 15 is 0 Å². The second kappa shape index (κ2) is 8.85. The highest BCUT2D eigenvalue weighted by Gasteiger charge is 2.20. The van der Waals surface area contributed by atoms with Gasteiger partial charge in [0.15, 0.2) is 0 Å². The fourth-order valence-corrected chi connectivity index (χ4v) is 3.33. The van der Waals surface area contributed by atoms with Crippen LogP contribution in [0, 0.1) is 6.92 Å². The molecule has 4 heterocycles. The van der Waals surface area contributed by atoms with Crippen LogP contribution in [-0.2, 0) is 11.3 Å². The number of hydrogen-bond donors (Lipinski definition) is 1. The van der Waals surface area contributed by atoms with Gasteiger partial charge in [0.05, 0.1) is 24.5 Å². The minimum Gasteiger partial charge on any atom is -0.383 e. The Morgan fingerprint density at radius 2 is 2.00 bits per heavy atom. The molecule has 8 nitrogen and oxygen atoms in total. The topological polar surface area (TPSA) is 109 Å². The summed E-state index contributed by atoms with van der Waals surface area (Å²) in [6, 6.07) is 11.1. The number of nitrogens with two attached hydrogens (primary N) is 1. The highest BCUT2D eigenvalue weighted by atomic mass is 16.5. The lowest BCUT2D eigenvalue weighted by Gasteiger charge is -2.11. The van der Waals surface area contributed by atoms with E-state index in [0.29, 0.717) is 24.5 Å². The first kappa shape index (κ1) is 20.4. The molecule has 0 atom stereocenters. The number of rotatable bonds is 7. The van der Waals surface area contributed by atoms with Gasteiger partial charge in [-0.2, -0.15) is 5.10 Å². The van der Waals surface area contributed by atoms with E-state index in [1.165, 1.54) is 0 Å². The van der Waals surface area contributed by atoms with Crippen LogP contribution in [0.4, 0.5) is 0 Å². The molecule has 0 spiro atoms. The first-order valence-corrected chi connectivity index (χ1v) is 9.78. The van der Waals surface area contributed by atoms with E-state index in [-0.39, 0.29) is 5.69 Å². The van der Waals surface area contributed by atoms with E-state index < -0.39 is 5.91 Å². The van der Waals surface area contributed by atoms with Gasteiger partial charge in [-0.25, -0.2) is 4.98 Å². The van der Waals surface area contributed by atoms with Crippen molar-refractivity contribution in [2.24, 2.45) is 5.73 Å². The predicted molar refractivity (Wildman–Crippen MR) is 117 cm³/mol. The van der Waals surface area contributed by atoms with Crippen molar-refractivity contribution in [1.82, 2.24) is 24.7 Å². The lowest BCUT2D eigenvalue weighted by Crippen LogP contribution is -2.13. The summed E-state index contributed by atoms with van der Waals surface area (Å²) in [6.45, 7) is 3.07. The first-order valence-electron chi connectivity index (χ1n) is 9.78. The van der Waals surface area contributed by atoms with Gasteiger partial charge < -0.3 is 10.5 Å². The number of hydrogen-bond acceptors (Lipinski definition) is 6. The molecule has 0 aliphatic heterocycles. The highest BCUT2D eigenvalue weighted by Crippen LogP contribution is 2.36.